The number of esters is 1. The summed E-state index contributed by atoms with van der Waals surface area (Å²) >= 11 is 0. The molecule has 3 atom stereocenters. The van der Waals surface area contributed by atoms with Crippen LogP contribution in [-0.2, 0) is 27.9 Å². The zero-order chi connectivity index (χ0) is 37.5. The smallest absolute Gasteiger partial charge is 0.457 e. The van der Waals surface area contributed by atoms with Crippen LogP contribution in [0.4, 0.5) is 0 Å². The van der Waals surface area contributed by atoms with Gasteiger partial charge in [0.1, 0.15) is 12.2 Å². The topological polar surface area (TPSA) is 132 Å². The van der Waals surface area contributed by atoms with Gasteiger partial charge < -0.3 is 24.6 Å². The molecule has 0 rings (SSSR count). The van der Waals surface area contributed by atoms with Crippen LogP contribution >= 0.6 is 7.82 Å². The number of carbonyl (C=O) groups excluding carboxylic acids is 1. The number of phosphoric ester groups is 1. The number of hydrogen-bond donors (Lipinski definition) is 3. The Morgan fingerprint density at radius 2 is 1.06 bits per heavy atom. The lowest BCUT2D eigenvalue weighted by molar-refractivity contribution is -0.154. The van der Waals surface area contributed by atoms with Crippen molar-refractivity contribution in [2.75, 3.05) is 33.0 Å². The maximum absolute atomic E-state index is 12.6. The first-order valence-electron chi connectivity index (χ1n) is 20.8. The number of unbranched alkanes of at least 4 members (excludes halogenated alkanes) is 22. The van der Waals surface area contributed by atoms with Gasteiger partial charge in [-0.1, -0.05) is 160 Å². The molecule has 0 aromatic carbocycles. The maximum Gasteiger partial charge on any atom is 0.472 e. The summed E-state index contributed by atoms with van der Waals surface area (Å²) in [6, 6.07) is 0. The van der Waals surface area contributed by atoms with E-state index in [9.17, 15) is 19.4 Å². The fourth-order valence-corrected chi connectivity index (χ4v) is 6.47. The molecule has 0 aromatic heterocycles. The lowest BCUT2D eigenvalue weighted by Gasteiger charge is -2.20. The quantitative estimate of drug-likeness (QED) is 0.0242. The molecule has 0 aromatic rings. The number of rotatable bonds is 40. The van der Waals surface area contributed by atoms with Crippen LogP contribution in [0.1, 0.15) is 187 Å². The predicted molar refractivity (Wildman–Crippen MR) is 210 cm³/mol. The van der Waals surface area contributed by atoms with E-state index in [4.69, 9.17) is 23.6 Å². The highest BCUT2D eigenvalue weighted by molar-refractivity contribution is 7.47. The highest BCUT2D eigenvalue weighted by Gasteiger charge is 2.26. The van der Waals surface area contributed by atoms with Crippen molar-refractivity contribution >= 4 is 13.8 Å². The van der Waals surface area contributed by atoms with Crippen molar-refractivity contribution in [1.82, 2.24) is 0 Å². The summed E-state index contributed by atoms with van der Waals surface area (Å²) in [5.41, 5.74) is 0. The van der Waals surface area contributed by atoms with E-state index in [0.29, 0.717) is 6.61 Å². The highest BCUT2D eigenvalue weighted by Crippen LogP contribution is 2.43. The Morgan fingerprint density at radius 3 is 1.61 bits per heavy atom. The van der Waals surface area contributed by atoms with Gasteiger partial charge in [-0.2, -0.15) is 0 Å². The zero-order valence-corrected chi connectivity index (χ0v) is 33.7. The molecule has 9 nitrogen and oxygen atoms in total. The van der Waals surface area contributed by atoms with Crippen LogP contribution in [0.5, 0.6) is 0 Å². The minimum absolute atomic E-state index is 0.0498. The highest BCUT2D eigenvalue weighted by atomic mass is 31.2. The molecule has 51 heavy (non-hydrogen) atoms. The van der Waals surface area contributed by atoms with Crippen molar-refractivity contribution in [1.29, 1.82) is 0 Å². The number of aliphatic hydroxyl groups excluding tert-OH is 2. The van der Waals surface area contributed by atoms with E-state index >= 15 is 0 Å². The average Bonchev–Trinajstić information content (AvgIpc) is 3.12. The van der Waals surface area contributed by atoms with Crippen LogP contribution in [0.3, 0.4) is 0 Å². The fraction of sp³-hybridized carbons (Fsp3) is 0.878. The van der Waals surface area contributed by atoms with Crippen LogP contribution in [0.2, 0.25) is 0 Å². The summed E-state index contributed by atoms with van der Waals surface area (Å²) in [6.07, 6.45) is 38.4. The molecule has 0 amide bonds. The van der Waals surface area contributed by atoms with Crippen LogP contribution in [0.15, 0.2) is 24.3 Å². The molecule has 3 N–H and O–H groups in total. The van der Waals surface area contributed by atoms with Gasteiger partial charge in [0.25, 0.3) is 0 Å². The Bertz CT molecular complexity index is 851. The Morgan fingerprint density at radius 1 is 0.608 bits per heavy atom. The monoisotopic (exact) mass is 747 g/mol. The molecule has 0 aliphatic heterocycles. The molecule has 0 spiro atoms. The van der Waals surface area contributed by atoms with E-state index in [1.54, 1.807) is 0 Å². The normalized spacial score (nSPS) is 14.4. The Kier molecular flexibility index (Phi) is 37.9. The largest absolute Gasteiger partial charge is 0.472 e. The number of aliphatic hydroxyl groups is 2. The van der Waals surface area contributed by atoms with Crippen molar-refractivity contribution in [3.05, 3.63) is 24.3 Å². The van der Waals surface area contributed by atoms with Crippen LogP contribution < -0.4 is 0 Å². The van der Waals surface area contributed by atoms with E-state index in [1.165, 1.54) is 116 Å². The van der Waals surface area contributed by atoms with Gasteiger partial charge in [-0.25, -0.2) is 4.57 Å². The first-order valence-corrected chi connectivity index (χ1v) is 22.3. The molecule has 0 aliphatic carbocycles. The van der Waals surface area contributed by atoms with Gasteiger partial charge in [0.15, 0.2) is 0 Å². The minimum Gasteiger partial charge on any atom is -0.457 e. The standard InChI is InChI=1S/C41H79O9P/c1-3-5-7-9-11-13-15-17-18-19-20-21-23-25-27-29-31-33-41(44)50-40(38-49-51(45,46)48-36-39(43)35-42)37-47-34-32-30-28-26-24-22-16-14-12-10-8-6-4-2/h11,13,17-18,39-40,42-43H,3-10,12,14-16,19-38H2,1-2H3,(H,45,46)/b13-11-,18-17-. The Balaban J connectivity index is 4.19. The third kappa shape index (κ3) is 38.5. The molecule has 0 saturated carbocycles. The van der Waals surface area contributed by atoms with Gasteiger partial charge >= 0.3 is 13.8 Å². The summed E-state index contributed by atoms with van der Waals surface area (Å²) in [4.78, 5) is 22.5. The van der Waals surface area contributed by atoms with Crippen LogP contribution in [0.25, 0.3) is 0 Å². The maximum atomic E-state index is 12.6. The molecule has 3 unspecified atom stereocenters. The lowest BCUT2D eigenvalue weighted by atomic mass is 10.0. The number of carbonyl (C=O) groups is 1. The number of allylic oxidation sites excluding steroid dienone is 4. The Labute approximate surface area is 313 Å². The number of phosphoric acid groups is 1. The van der Waals surface area contributed by atoms with E-state index in [1.807, 2.05) is 0 Å². The molecule has 10 heteroatoms. The molecule has 0 heterocycles. The summed E-state index contributed by atoms with van der Waals surface area (Å²) in [5.74, 6) is -0.389. The van der Waals surface area contributed by atoms with Gasteiger partial charge in [0, 0.05) is 13.0 Å². The predicted octanol–water partition coefficient (Wildman–Crippen LogP) is 11.1. The molecular formula is C41H79O9P. The van der Waals surface area contributed by atoms with Gasteiger partial charge in [0.2, 0.25) is 0 Å². The summed E-state index contributed by atoms with van der Waals surface area (Å²) in [7, 11) is -4.51. The molecule has 0 fully saturated rings. The summed E-state index contributed by atoms with van der Waals surface area (Å²) in [5, 5.41) is 18.3. The second-order valence-corrected chi connectivity index (χ2v) is 15.5. The molecule has 0 radical (unpaired) electrons. The first-order chi connectivity index (χ1) is 24.8. The lowest BCUT2D eigenvalue weighted by Crippen LogP contribution is -2.29. The minimum atomic E-state index is -4.51. The van der Waals surface area contributed by atoms with Crippen molar-refractivity contribution in [3.8, 4) is 0 Å². The first kappa shape index (κ1) is 49.9. The van der Waals surface area contributed by atoms with Crippen LogP contribution in [0, 0.1) is 0 Å². The van der Waals surface area contributed by atoms with Gasteiger partial charge in [-0.3, -0.25) is 13.8 Å². The number of ether oxygens (including phenoxy) is 2. The molecule has 0 bridgehead atoms. The second-order valence-electron chi connectivity index (χ2n) is 14.0. The Hall–Kier alpha value is -1.06. The van der Waals surface area contributed by atoms with Crippen molar-refractivity contribution < 1.29 is 43.0 Å². The summed E-state index contributed by atoms with van der Waals surface area (Å²) in [6.45, 7) is 3.50. The molecule has 0 saturated heterocycles. The van der Waals surface area contributed by atoms with E-state index in [-0.39, 0.29) is 25.6 Å². The van der Waals surface area contributed by atoms with E-state index in [2.05, 4.69) is 38.2 Å². The number of hydrogen-bond acceptors (Lipinski definition) is 8. The van der Waals surface area contributed by atoms with Crippen molar-refractivity contribution in [2.24, 2.45) is 0 Å². The van der Waals surface area contributed by atoms with Gasteiger partial charge in [0.05, 0.1) is 26.4 Å². The molecular weight excluding hydrogens is 667 g/mol. The van der Waals surface area contributed by atoms with Gasteiger partial charge in [-0.15, -0.1) is 0 Å². The second kappa shape index (κ2) is 38.7. The zero-order valence-electron chi connectivity index (χ0n) is 32.8. The SMILES string of the molecule is CCCCC/C=C\C/C=C\CCCCCCCCCC(=O)OC(COCCCCCCCCCCCCCCC)COP(=O)(O)OCC(O)CO. The summed E-state index contributed by atoms with van der Waals surface area (Å²) < 4.78 is 33.3. The molecule has 302 valence electrons. The third-order valence-corrected chi connectivity index (χ3v) is 9.84. The third-order valence-electron chi connectivity index (χ3n) is 8.89. The fourth-order valence-electron chi connectivity index (χ4n) is 5.68. The molecule has 0 aliphatic rings. The van der Waals surface area contributed by atoms with E-state index < -0.39 is 33.2 Å². The van der Waals surface area contributed by atoms with E-state index in [0.717, 1.165) is 51.4 Å². The van der Waals surface area contributed by atoms with Crippen molar-refractivity contribution in [3.63, 3.8) is 0 Å². The van der Waals surface area contributed by atoms with Gasteiger partial charge in [-0.05, 0) is 44.9 Å². The van der Waals surface area contributed by atoms with Crippen LogP contribution in [-0.4, -0.2) is 66.3 Å². The van der Waals surface area contributed by atoms with Crippen molar-refractivity contribution in [2.45, 2.75) is 199 Å². The average molecular weight is 747 g/mol.